The number of hydrogen-bond donors (Lipinski definition) is 7. The minimum Gasteiger partial charge on any atom is -0.412 e. The Bertz CT molecular complexity index is 999. The number of nitrogens with zero attached hydrogens (tertiary/aromatic N) is 1. The summed E-state index contributed by atoms with van der Waals surface area (Å²) in [5.41, 5.74) is -1.74. The first-order valence-corrected chi connectivity index (χ1v) is 11.7. The molecule has 1 aliphatic heterocycles. The molecule has 22 heteroatoms. The van der Waals surface area contributed by atoms with Crippen molar-refractivity contribution in [1.29, 1.82) is 0 Å². The lowest BCUT2D eigenvalue weighted by Crippen LogP contribution is -2.37. The van der Waals surface area contributed by atoms with E-state index in [9.17, 15) is 38.4 Å². The molecule has 2 unspecified atom stereocenters. The van der Waals surface area contributed by atoms with E-state index in [1.807, 2.05) is 4.98 Å². The van der Waals surface area contributed by atoms with E-state index in [0.717, 1.165) is 12.3 Å². The number of phosphoric ester groups is 1. The Morgan fingerprint density at radius 3 is 2.10 bits per heavy atom. The van der Waals surface area contributed by atoms with E-state index in [1.54, 1.807) is 0 Å². The lowest BCUT2D eigenvalue weighted by molar-refractivity contribution is -0.0542. The Labute approximate surface area is 170 Å². The van der Waals surface area contributed by atoms with Crippen molar-refractivity contribution in [2.45, 2.75) is 24.5 Å². The minimum absolute atomic E-state index is 0. The molecule has 2 heterocycles. The van der Waals surface area contributed by atoms with Crippen molar-refractivity contribution in [1.82, 2.24) is 9.55 Å². The fourth-order valence-electron chi connectivity index (χ4n) is 2.20. The molecule has 11 N–H and O–H groups in total. The van der Waals surface area contributed by atoms with Crippen molar-refractivity contribution < 1.29 is 72.3 Å². The van der Waals surface area contributed by atoms with Crippen LogP contribution in [0.15, 0.2) is 21.9 Å². The molecule has 1 saturated heterocycles. The van der Waals surface area contributed by atoms with Crippen LogP contribution in [0.4, 0.5) is 0 Å². The number of aliphatic hydroxyl groups excluding tert-OH is 2. The predicted octanol–water partition coefficient (Wildman–Crippen LogP) is -4.15. The molecular formula is C9H19N2O17P3. The molecule has 31 heavy (non-hydrogen) atoms. The third-order valence-electron chi connectivity index (χ3n) is 3.28. The molecule has 0 amide bonds. The molecule has 2 rings (SSSR count). The summed E-state index contributed by atoms with van der Waals surface area (Å²) in [5.74, 6) is 0. The summed E-state index contributed by atoms with van der Waals surface area (Å²) in [4.78, 5) is 59.9. The number of H-pyrrole nitrogens is 1. The number of aromatic amines is 1. The molecule has 182 valence electrons. The average Bonchev–Trinajstić information content (AvgIpc) is 2.78. The van der Waals surface area contributed by atoms with Gasteiger partial charge in [-0.3, -0.25) is 18.9 Å². The van der Waals surface area contributed by atoms with Gasteiger partial charge in [0.25, 0.3) is 5.56 Å². The van der Waals surface area contributed by atoms with Crippen LogP contribution in [0.5, 0.6) is 0 Å². The maximum Gasteiger partial charge on any atom is 0.490 e. The van der Waals surface area contributed by atoms with Gasteiger partial charge in [-0.05, 0) is 0 Å². The van der Waals surface area contributed by atoms with Gasteiger partial charge in [0.1, 0.15) is 18.3 Å². The van der Waals surface area contributed by atoms with Crippen LogP contribution >= 0.6 is 23.5 Å². The maximum absolute atomic E-state index is 11.7. The smallest absolute Gasteiger partial charge is 0.412 e. The zero-order valence-corrected chi connectivity index (χ0v) is 17.5. The summed E-state index contributed by atoms with van der Waals surface area (Å²) in [7, 11) is -16.8. The molecular weight excluding hydrogens is 501 g/mol. The van der Waals surface area contributed by atoms with E-state index < -0.39 is 65.9 Å². The summed E-state index contributed by atoms with van der Waals surface area (Å²) < 4.78 is 50.6. The number of rotatable bonds is 8. The van der Waals surface area contributed by atoms with Gasteiger partial charge in [-0.25, -0.2) is 18.5 Å². The van der Waals surface area contributed by atoms with Crippen molar-refractivity contribution in [2.24, 2.45) is 0 Å². The first-order valence-electron chi connectivity index (χ1n) is 7.22. The van der Waals surface area contributed by atoms with Gasteiger partial charge >= 0.3 is 29.2 Å². The van der Waals surface area contributed by atoms with Crippen molar-refractivity contribution in [3.63, 3.8) is 0 Å². The van der Waals surface area contributed by atoms with Crippen molar-refractivity contribution in [2.75, 3.05) is 6.61 Å². The topological polar surface area (TPSA) is 327 Å². The molecule has 1 aromatic heterocycles. The van der Waals surface area contributed by atoms with Crippen LogP contribution in [0.25, 0.3) is 0 Å². The Morgan fingerprint density at radius 1 is 1.00 bits per heavy atom. The van der Waals surface area contributed by atoms with Gasteiger partial charge in [-0.15, -0.1) is 0 Å². The summed E-state index contributed by atoms with van der Waals surface area (Å²) in [5, 5.41) is 19.9. The Balaban J connectivity index is 0.00000450. The number of ether oxygens (including phenoxy) is 1. The molecule has 0 saturated carbocycles. The molecule has 0 aromatic carbocycles. The van der Waals surface area contributed by atoms with E-state index in [4.69, 9.17) is 19.4 Å². The Hall–Kier alpha value is -1.11. The SMILES string of the molecule is O.O.O=c1ccn([C@@H]2O[C@H](COP(=O)(O)OP(=O)(O)OP(=O)(O)O)[C@@H](O)[C@H]2O)c(=O)[nH]1. The molecule has 1 fully saturated rings. The van der Waals surface area contributed by atoms with E-state index in [2.05, 4.69) is 13.1 Å². The van der Waals surface area contributed by atoms with E-state index in [1.165, 1.54) is 0 Å². The molecule has 1 aromatic rings. The van der Waals surface area contributed by atoms with E-state index in [0.29, 0.717) is 4.57 Å². The van der Waals surface area contributed by atoms with Crippen LogP contribution < -0.4 is 11.2 Å². The second-order valence-corrected chi connectivity index (χ2v) is 9.87. The summed E-state index contributed by atoms with van der Waals surface area (Å²) in [6, 6.07) is 0.920. The highest BCUT2D eigenvalue weighted by molar-refractivity contribution is 7.66. The van der Waals surface area contributed by atoms with Gasteiger partial charge in [0.15, 0.2) is 6.23 Å². The molecule has 6 atom stereocenters. The third-order valence-corrected chi connectivity index (χ3v) is 7.08. The second-order valence-electron chi connectivity index (χ2n) is 5.45. The third kappa shape index (κ3) is 8.39. The zero-order chi connectivity index (χ0) is 22.2. The fraction of sp³-hybridized carbons (Fsp3) is 0.556. The van der Waals surface area contributed by atoms with Crippen LogP contribution in [0.2, 0.25) is 0 Å². The van der Waals surface area contributed by atoms with Gasteiger partial charge in [0, 0.05) is 12.3 Å². The number of phosphoric acid groups is 3. The molecule has 0 bridgehead atoms. The number of nitrogens with one attached hydrogen (secondary N) is 1. The summed E-state index contributed by atoms with van der Waals surface area (Å²) >= 11 is 0. The zero-order valence-electron chi connectivity index (χ0n) is 14.8. The van der Waals surface area contributed by atoms with Crippen molar-refractivity contribution in [3.8, 4) is 0 Å². The lowest BCUT2D eigenvalue weighted by Gasteiger charge is -2.19. The van der Waals surface area contributed by atoms with Crippen LogP contribution in [-0.4, -0.2) is 75.2 Å². The maximum atomic E-state index is 11.7. The largest absolute Gasteiger partial charge is 0.490 e. The van der Waals surface area contributed by atoms with E-state index in [-0.39, 0.29) is 11.0 Å². The summed E-state index contributed by atoms with van der Waals surface area (Å²) in [6.07, 6.45) is -5.70. The van der Waals surface area contributed by atoms with Crippen LogP contribution in [-0.2, 0) is 31.6 Å². The average molecular weight is 520 g/mol. The molecule has 0 radical (unpaired) electrons. The minimum atomic E-state index is -5.73. The van der Waals surface area contributed by atoms with Crippen molar-refractivity contribution in [3.05, 3.63) is 33.1 Å². The van der Waals surface area contributed by atoms with Gasteiger partial charge in [0.05, 0.1) is 6.61 Å². The van der Waals surface area contributed by atoms with Gasteiger partial charge < -0.3 is 45.5 Å². The second kappa shape index (κ2) is 10.7. The first-order chi connectivity index (χ1) is 13.1. The van der Waals surface area contributed by atoms with Crippen LogP contribution in [0.1, 0.15) is 6.23 Å². The predicted molar refractivity (Wildman–Crippen MR) is 94.3 cm³/mol. The van der Waals surface area contributed by atoms with Crippen LogP contribution in [0.3, 0.4) is 0 Å². The monoisotopic (exact) mass is 520 g/mol. The number of hydrogen-bond acceptors (Lipinski definition) is 11. The van der Waals surface area contributed by atoms with Gasteiger partial charge in [0.2, 0.25) is 0 Å². The van der Waals surface area contributed by atoms with E-state index >= 15 is 0 Å². The normalized spacial score (nSPS) is 27.4. The highest BCUT2D eigenvalue weighted by Gasteiger charge is 2.46. The molecule has 19 nitrogen and oxygen atoms in total. The Kier molecular flexibility index (Phi) is 10.3. The highest BCUT2D eigenvalue weighted by Crippen LogP contribution is 2.66. The van der Waals surface area contributed by atoms with Crippen molar-refractivity contribution >= 4 is 23.5 Å². The fourth-order valence-corrected chi connectivity index (χ4v) is 5.23. The quantitative estimate of drug-likeness (QED) is 0.160. The summed E-state index contributed by atoms with van der Waals surface area (Å²) in [6.45, 7) is -1.05. The van der Waals surface area contributed by atoms with Gasteiger partial charge in [-0.1, -0.05) is 0 Å². The first kappa shape index (κ1) is 29.9. The van der Waals surface area contributed by atoms with Gasteiger partial charge in [-0.2, -0.15) is 8.62 Å². The van der Waals surface area contributed by atoms with Crippen LogP contribution in [0, 0.1) is 0 Å². The number of aliphatic hydroxyl groups is 2. The lowest BCUT2D eigenvalue weighted by atomic mass is 10.1. The molecule has 0 aliphatic carbocycles. The highest BCUT2D eigenvalue weighted by atomic mass is 31.3. The Morgan fingerprint density at radius 2 is 1.58 bits per heavy atom. The molecule has 0 spiro atoms. The molecule has 1 aliphatic rings. The standard InChI is InChI=1S/C9H15N2O15P3.2H2O/c12-5-1-2-11(9(15)10-5)8-7(14)6(13)4(24-8)3-23-28(19,20)26-29(21,22)25-27(16,17)18;;/h1-2,4,6-8,13-14H,3H2,(H,19,20)(H,21,22)(H,10,12,15)(H2,16,17,18);2*1H2/t4-,6-,7-,8-;;/m1../s1. The number of aromatic nitrogens is 2.